The van der Waals surface area contributed by atoms with E-state index < -0.39 is 0 Å². The molecule has 9 atom stereocenters. The van der Waals surface area contributed by atoms with Crippen LogP contribution in [0.25, 0.3) is 0 Å². The Morgan fingerprint density at radius 1 is 1.00 bits per heavy atom. The summed E-state index contributed by atoms with van der Waals surface area (Å²) in [7, 11) is 0. The SMILES string of the molecule is CC[C@H](/C=C/[C@@H](C)[C@H]1CC[C@H]2[C@@H]3CC=C4C[C@@H](OCCOCCO)CC[C@]4(C)[C@H]3CC[C@]12C)C(C)C. The van der Waals surface area contributed by atoms with E-state index in [9.17, 15) is 0 Å². The average molecular weight is 501 g/mol. The van der Waals surface area contributed by atoms with Gasteiger partial charge in [0, 0.05) is 0 Å². The van der Waals surface area contributed by atoms with Crippen LogP contribution in [-0.2, 0) is 9.47 Å². The van der Waals surface area contributed by atoms with Gasteiger partial charge in [0.15, 0.2) is 0 Å². The number of hydrogen-bond acceptors (Lipinski definition) is 3. The second-order valence-electron chi connectivity index (χ2n) is 13.6. The quantitative estimate of drug-likeness (QED) is 0.232. The fraction of sp³-hybridized carbons (Fsp3) is 0.879. The second-order valence-corrected chi connectivity index (χ2v) is 13.6. The van der Waals surface area contributed by atoms with Gasteiger partial charge in [0.25, 0.3) is 0 Å². The van der Waals surface area contributed by atoms with E-state index in [2.05, 4.69) is 59.8 Å². The van der Waals surface area contributed by atoms with Gasteiger partial charge in [-0.05, 0) is 110 Å². The summed E-state index contributed by atoms with van der Waals surface area (Å²) in [4.78, 5) is 0. The molecule has 3 nitrogen and oxygen atoms in total. The van der Waals surface area contributed by atoms with Gasteiger partial charge < -0.3 is 14.6 Å². The van der Waals surface area contributed by atoms with Crippen LogP contribution >= 0.6 is 0 Å². The minimum Gasteiger partial charge on any atom is -0.394 e. The Labute approximate surface area is 222 Å². The maximum absolute atomic E-state index is 8.88. The number of aliphatic hydroxyl groups excluding tert-OH is 1. The lowest BCUT2D eigenvalue weighted by molar-refractivity contribution is -0.0662. The van der Waals surface area contributed by atoms with E-state index in [1.54, 1.807) is 5.57 Å². The summed E-state index contributed by atoms with van der Waals surface area (Å²) in [6, 6.07) is 0. The van der Waals surface area contributed by atoms with Crippen molar-refractivity contribution >= 4 is 0 Å². The van der Waals surface area contributed by atoms with Crippen LogP contribution in [0.2, 0.25) is 0 Å². The van der Waals surface area contributed by atoms with Crippen molar-refractivity contribution in [3.8, 4) is 0 Å². The first-order valence-electron chi connectivity index (χ1n) is 15.4. The zero-order valence-corrected chi connectivity index (χ0v) is 24.3. The Balaban J connectivity index is 1.40. The highest BCUT2D eigenvalue weighted by molar-refractivity contribution is 5.25. The van der Waals surface area contributed by atoms with Gasteiger partial charge in [-0.3, -0.25) is 0 Å². The number of rotatable bonds is 11. The van der Waals surface area contributed by atoms with Crippen molar-refractivity contribution in [1.29, 1.82) is 0 Å². The molecule has 0 aliphatic heterocycles. The highest BCUT2D eigenvalue weighted by Crippen LogP contribution is 2.67. The molecule has 0 saturated heterocycles. The van der Waals surface area contributed by atoms with Gasteiger partial charge >= 0.3 is 0 Å². The molecule has 3 fully saturated rings. The van der Waals surface area contributed by atoms with E-state index in [1.165, 1.54) is 51.4 Å². The van der Waals surface area contributed by atoms with Crippen molar-refractivity contribution < 1.29 is 14.6 Å². The number of hydrogen-bond donors (Lipinski definition) is 1. The molecule has 206 valence electrons. The molecule has 4 aliphatic rings. The number of allylic oxidation sites excluding steroid dienone is 3. The summed E-state index contributed by atoms with van der Waals surface area (Å²) >= 11 is 0. The third kappa shape index (κ3) is 5.55. The smallest absolute Gasteiger partial charge is 0.0704 e. The normalized spacial score (nSPS) is 40.0. The predicted octanol–water partition coefficient (Wildman–Crippen LogP) is 7.83. The van der Waals surface area contributed by atoms with Crippen molar-refractivity contribution in [2.24, 2.45) is 52.3 Å². The lowest BCUT2D eigenvalue weighted by Crippen LogP contribution is -2.51. The van der Waals surface area contributed by atoms with Gasteiger partial charge in [-0.2, -0.15) is 0 Å². The lowest BCUT2D eigenvalue weighted by atomic mass is 9.47. The summed E-state index contributed by atoms with van der Waals surface area (Å²) in [5.41, 5.74) is 2.60. The highest BCUT2D eigenvalue weighted by Gasteiger charge is 2.59. The van der Waals surface area contributed by atoms with Crippen molar-refractivity contribution in [3.63, 3.8) is 0 Å². The first-order chi connectivity index (χ1) is 17.2. The van der Waals surface area contributed by atoms with E-state index in [1.807, 2.05) is 0 Å². The molecule has 1 N–H and O–H groups in total. The van der Waals surface area contributed by atoms with E-state index >= 15 is 0 Å². The van der Waals surface area contributed by atoms with Crippen molar-refractivity contribution in [3.05, 3.63) is 23.8 Å². The fourth-order valence-corrected chi connectivity index (χ4v) is 9.40. The lowest BCUT2D eigenvalue weighted by Gasteiger charge is -2.58. The van der Waals surface area contributed by atoms with E-state index in [4.69, 9.17) is 14.6 Å². The van der Waals surface area contributed by atoms with Crippen LogP contribution in [0.3, 0.4) is 0 Å². The summed E-state index contributed by atoms with van der Waals surface area (Å²) in [6.07, 6.45) is 20.0. The molecule has 36 heavy (non-hydrogen) atoms. The molecule has 0 spiro atoms. The highest BCUT2D eigenvalue weighted by atomic mass is 16.5. The Bertz CT molecular complexity index is 771. The molecular weight excluding hydrogens is 444 g/mol. The van der Waals surface area contributed by atoms with Crippen LogP contribution < -0.4 is 0 Å². The minimum atomic E-state index is 0.0884. The van der Waals surface area contributed by atoms with Gasteiger partial charge in [0.1, 0.15) is 0 Å². The zero-order valence-electron chi connectivity index (χ0n) is 24.3. The Morgan fingerprint density at radius 3 is 2.53 bits per heavy atom. The van der Waals surface area contributed by atoms with Crippen molar-refractivity contribution in [1.82, 2.24) is 0 Å². The van der Waals surface area contributed by atoms with Gasteiger partial charge in [-0.1, -0.05) is 65.3 Å². The topological polar surface area (TPSA) is 38.7 Å². The monoisotopic (exact) mass is 500 g/mol. The summed E-state index contributed by atoms with van der Waals surface area (Å²) in [5, 5.41) is 8.88. The molecule has 0 aromatic rings. The molecule has 4 aliphatic carbocycles. The molecule has 0 aromatic heterocycles. The fourth-order valence-electron chi connectivity index (χ4n) is 9.40. The van der Waals surface area contributed by atoms with Crippen LogP contribution in [0.1, 0.15) is 99.3 Å². The zero-order chi connectivity index (χ0) is 25.9. The molecule has 0 bridgehead atoms. The van der Waals surface area contributed by atoms with Crippen LogP contribution in [0.4, 0.5) is 0 Å². The number of ether oxygens (including phenoxy) is 2. The van der Waals surface area contributed by atoms with Gasteiger partial charge in [0.2, 0.25) is 0 Å². The third-order valence-electron chi connectivity index (χ3n) is 11.6. The molecule has 0 heterocycles. The molecule has 0 unspecified atom stereocenters. The van der Waals surface area contributed by atoms with Gasteiger partial charge in [-0.15, -0.1) is 0 Å². The molecular formula is C33H56O3. The predicted molar refractivity (Wildman–Crippen MR) is 150 cm³/mol. The Hall–Kier alpha value is -0.640. The largest absolute Gasteiger partial charge is 0.394 e. The summed E-state index contributed by atoms with van der Waals surface area (Å²) in [6.45, 7) is 16.6. The Morgan fingerprint density at radius 2 is 1.81 bits per heavy atom. The van der Waals surface area contributed by atoms with Crippen LogP contribution in [0, 0.1) is 52.3 Å². The van der Waals surface area contributed by atoms with Crippen molar-refractivity contribution in [2.45, 2.75) is 105 Å². The van der Waals surface area contributed by atoms with E-state index in [-0.39, 0.29) is 6.61 Å². The van der Waals surface area contributed by atoms with Crippen molar-refractivity contribution in [2.75, 3.05) is 26.4 Å². The summed E-state index contributed by atoms with van der Waals surface area (Å²) < 4.78 is 11.6. The molecule has 4 rings (SSSR count). The average Bonchev–Trinajstić information content (AvgIpc) is 3.21. The molecule has 0 amide bonds. The van der Waals surface area contributed by atoms with Crippen LogP contribution in [0.15, 0.2) is 23.8 Å². The van der Waals surface area contributed by atoms with Gasteiger partial charge in [0.05, 0.1) is 32.5 Å². The number of fused-ring (bicyclic) bond motifs is 5. The van der Waals surface area contributed by atoms with Gasteiger partial charge in [-0.25, -0.2) is 0 Å². The number of aliphatic hydroxyl groups is 1. The molecule has 0 radical (unpaired) electrons. The standard InChI is InChI=1S/C33H56O3/c1-7-25(23(2)3)9-8-24(4)29-12-13-30-28-11-10-26-22-27(36-21-20-35-19-18-34)14-16-32(26,5)31(28)15-17-33(29,30)6/h8-10,23-25,27-31,34H,7,11-22H2,1-6H3/b9-8+/t24-,25-,27+,28+,29-,30+,31+,32+,33-/m1/s1. The van der Waals surface area contributed by atoms with Crippen LogP contribution in [-0.4, -0.2) is 37.6 Å². The molecule has 3 heteroatoms. The van der Waals surface area contributed by atoms with E-state index in [0.29, 0.717) is 42.7 Å². The Kier molecular flexibility index (Phi) is 9.49. The van der Waals surface area contributed by atoms with Crippen LogP contribution in [0.5, 0.6) is 0 Å². The molecule has 3 saturated carbocycles. The molecule has 0 aromatic carbocycles. The minimum absolute atomic E-state index is 0.0884. The second kappa shape index (κ2) is 12.0. The first-order valence-corrected chi connectivity index (χ1v) is 15.4. The summed E-state index contributed by atoms with van der Waals surface area (Å²) in [5.74, 6) is 5.65. The maximum atomic E-state index is 8.88. The third-order valence-corrected chi connectivity index (χ3v) is 11.6. The first kappa shape index (κ1) is 28.4. The maximum Gasteiger partial charge on any atom is 0.0704 e. The van der Waals surface area contributed by atoms with E-state index in [0.717, 1.165) is 41.9 Å².